The SMILES string of the molecule is CN(C)Cc1ccc(N=C(c2ccc(CCC(=O)O)nc2)c2c(O)[nH]c3cc(C#N)ccc23)cc1. The highest BCUT2D eigenvalue weighted by Gasteiger charge is 2.19. The highest BCUT2D eigenvalue weighted by Crippen LogP contribution is 2.32. The Morgan fingerprint density at radius 2 is 1.91 bits per heavy atom. The fourth-order valence-electron chi connectivity index (χ4n) is 3.87. The van der Waals surface area contributed by atoms with E-state index in [9.17, 15) is 15.2 Å². The van der Waals surface area contributed by atoms with E-state index in [1.807, 2.05) is 44.4 Å². The molecule has 0 aliphatic rings. The Bertz CT molecular complexity index is 1430. The van der Waals surface area contributed by atoms with Gasteiger partial charge in [0.15, 0.2) is 5.88 Å². The summed E-state index contributed by atoms with van der Waals surface area (Å²) in [5.41, 5.74) is 5.30. The van der Waals surface area contributed by atoms with E-state index in [0.29, 0.717) is 45.7 Å². The van der Waals surface area contributed by atoms with Crippen LogP contribution >= 0.6 is 0 Å². The number of aromatic amines is 1. The zero-order valence-electron chi connectivity index (χ0n) is 19.5. The Balaban J connectivity index is 1.81. The van der Waals surface area contributed by atoms with Crippen LogP contribution in [0.25, 0.3) is 10.9 Å². The number of aliphatic carboxylic acids is 1. The van der Waals surface area contributed by atoms with Crippen LogP contribution in [0.15, 0.2) is 65.8 Å². The number of carbonyl (C=O) groups is 1. The summed E-state index contributed by atoms with van der Waals surface area (Å²) in [6.45, 7) is 0.809. The third-order valence-electron chi connectivity index (χ3n) is 5.51. The fraction of sp³-hybridized carbons (Fsp3) is 0.185. The first kappa shape index (κ1) is 23.7. The van der Waals surface area contributed by atoms with Crippen LogP contribution in [0.4, 0.5) is 5.69 Å². The number of nitriles is 1. The highest BCUT2D eigenvalue weighted by molar-refractivity contribution is 6.21. The lowest BCUT2D eigenvalue weighted by atomic mass is 10.0. The zero-order chi connectivity index (χ0) is 24.9. The summed E-state index contributed by atoms with van der Waals surface area (Å²) >= 11 is 0. The number of nitrogens with zero attached hydrogens (tertiary/aromatic N) is 4. The Kier molecular flexibility index (Phi) is 6.90. The van der Waals surface area contributed by atoms with Gasteiger partial charge >= 0.3 is 5.97 Å². The summed E-state index contributed by atoms with van der Waals surface area (Å²) in [4.78, 5) is 25.2. The smallest absolute Gasteiger partial charge is 0.303 e. The van der Waals surface area contributed by atoms with Crippen LogP contribution in [0.1, 0.15) is 34.4 Å². The largest absolute Gasteiger partial charge is 0.494 e. The van der Waals surface area contributed by atoms with E-state index in [4.69, 9.17) is 10.1 Å². The van der Waals surface area contributed by atoms with E-state index < -0.39 is 5.97 Å². The average Bonchev–Trinajstić information content (AvgIpc) is 3.17. The number of nitrogens with one attached hydrogen (secondary N) is 1. The molecule has 0 amide bonds. The lowest BCUT2D eigenvalue weighted by molar-refractivity contribution is -0.136. The van der Waals surface area contributed by atoms with E-state index in [2.05, 4.69) is 20.9 Å². The van der Waals surface area contributed by atoms with Crippen molar-refractivity contribution in [2.45, 2.75) is 19.4 Å². The lowest BCUT2D eigenvalue weighted by Gasteiger charge is -2.11. The summed E-state index contributed by atoms with van der Waals surface area (Å²) < 4.78 is 0. The van der Waals surface area contributed by atoms with Crippen LogP contribution in [-0.2, 0) is 17.8 Å². The molecule has 0 aliphatic heterocycles. The maximum Gasteiger partial charge on any atom is 0.303 e. The maximum absolute atomic E-state index is 10.9. The van der Waals surface area contributed by atoms with Gasteiger partial charge in [-0.05, 0) is 56.1 Å². The van der Waals surface area contributed by atoms with E-state index in [1.165, 1.54) is 0 Å². The maximum atomic E-state index is 10.9. The molecule has 0 saturated heterocycles. The van der Waals surface area contributed by atoms with Crippen molar-refractivity contribution in [1.29, 1.82) is 5.26 Å². The summed E-state index contributed by atoms with van der Waals surface area (Å²) in [6, 6.07) is 18.7. The number of aryl methyl sites for hydroxylation is 1. The second-order valence-corrected chi connectivity index (χ2v) is 8.52. The quantitative estimate of drug-likeness (QED) is 0.330. The third kappa shape index (κ3) is 5.54. The molecule has 0 saturated carbocycles. The molecule has 0 atom stereocenters. The van der Waals surface area contributed by atoms with Crippen LogP contribution in [-0.4, -0.2) is 50.9 Å². The number of aromatic nitrogens is 2. The number of fused-ring (bicyclic) bond motifs is 1. The fourth-order valence-corrected chi connectivity index (χ4v) is 3.87. The number of hydrogen-bond acceptors (Lipinski definition) is 6. The number of carboxylic acid groups (broad SMARTS) is 1. The first-order valence-corrected chi connectivity index (χ1v) is 11.1. The van der Waals surface area contributed by atoms with Crippen LogP contribution in [0, 0.1) is 11.3 Å². The van der Waals surface area contributed by atoms with Crippen molar-refractivity contribution in [3.8, 4) is 11.9 Å². The number of pyridine rings is 1. The molecule has 3 N–H and O–H groups in total. The average molecular weight is 468 g/mol. The van der Waals surface area contributed by atoms with Gasteiger partial charge in [-0.2, -0.15) is 5.26 Å². The number of hydrogen-bond donors (Lipinski definition) is 3. The van der Waals surface area contributed by atoms with Crippen molar-refractivity contribution in [3.63, 3.8) is 0 Å². The molecule has 0 radical (unpaired) electrons. The molecule has 176 valence electrons. The van der Waals surface area contributed by atoms with Gasteiger partial charge in [-0.25, -0.2) is 4.99 Å². The number of aliphatic imine (C=N–C) groups is 1. The standard InChI is InChI=1S/C27H25N5O3/c1-32(2)16-17-3-7-21(8-4-17)30-26(19-6-9-20(29-15-19)10-12-24(33)34)25-22-11-5-18(14-28)13-23(22)31-27(25)35/h3-9,11,13,15,31,35H,10,12,16H2,1-2H3,(H,33,34). The normalized spacial score (nSPS) is 11.7. The summed E-state index contributed by atoms with van der Waals surface area (Å²) in [5.74, 6) is -0.940. The highest BCUT2D eigenvalue weighted by atomic mass is 16.4. The van der Waals surface area contributed by atoms with Crippen LogP contribution < -0.4 is 0 Å². The molecular weight excluding hydrogens is 442 g/mol. The monoisotopic (exact) mass is 467 g/mol. The molecule has 2 aromatic carbocycles. The van der Waals surface area contributed by atoms with Crippen molar-refractivity contribution >= 4 is 28.3 Å². The molecule has 8 heteroatoms. The first-order valence-electron chi connectivity index (χ1n) is 11.1. The lowest BCUT2D eigenvalue weighted by Crippen LogP contribution is -2.10. The number of H-pyrrole nitrogens is 1. The van der Waals surface area contributed by atoms with E-state index in [-0.39, 0.29) is 12.3 Å². The summed E-state index contributed by atoms with van der Waals surface area (Å²) in [7, 11) is 4.02. The predicted molar refractivity (Wildman–Crippen MR) is 134 cm³/mol. The number of rotatable bonds is 8. The van der Waals surface area contributed by atoms with Gasteiger partial charge in [-0.15, -0.1) is 0 Å². The minimum absolute atomic E-state index is 0.00292. The number of carboxylic acids is 1. The van der Waals surface area contributed by atoms with Gasteiger partial charge in [0.2, 0.25) is 0 Å². The minimum atomic E-state index is -0.878. The molecule has 0 spiro atoms. The van der Waals surface area contributed by atoms with Gasteiger partial charge < -0.3 is 20.1 Å². The minimum Gasteiger partial charge on any atom is -0.494 e. The van der Waals surface area contributed by atoms with Gasteiger partial charge in [0.05, 0.1) is 40.5 Å². The molecule has 0 aliphatic carbocycles. The molecule has 4 rings (SSSR count). The van der Waals surface area contributed by atoms with Gasteiger partial charge in [0.25, 0.3) is 0 Å². The summed E-state index contributed by atoms with van der Waals surface area (Å²) in [5, 5.41) is 29.7. The van der Waals surface area contributed by atoms with Gasteiger partial charge in [0.1, 0.15) is 0 Å². The number of benzene rings is 2. The van der Waals surface area contributed by atoms with Gasteiger partial charge in [-0.1, -0.05) is 18.2 Å². The second-order valence-electron chi connectivity index (χ2n) is 8.52. The van der Waals surface area contributed by atoms with Crippen molar-refractivity contribution in [2.24, 2.45) is 4.99 Å². The number of aromatic hydroxyl groups is 1. The Labute approximate surface area is 202 Å². The van der Waals surface area contributed by atoms with E-state index in [1.54, 1.807) is 30.5 Å². The molecule has 4 aromatic rings. The predicted octanol–water partition coefficient (Wildman–Crippen LogP) is 4.39. The summed E-state index contributed by atoms with van der Waals surface area (Å²) in [6.07, 6.45) is 1.96. The molecule has 0 unspecified atom stereocenters. The topological polar surface area (TPSA) is 126 Å². The zero-order valence-corrected chi connectivity index (χ0v) is 19.5. The third-order valence-corrected chi connectivity index (χ3v) is 5.51. The van der Waals surface area contributed by atoms with E-state index >= 15 is 0 Å². The van der Waals surface area contributed by atoms with Crippen LogP contribution in [0.5, 0.6) is 5.88 Å². The Morgan fingerprint density at radius 3 is 2.54 bits per heavy atom. The second kappa shape index (κ2) is 10.2. The van der Waals surface area contributed by atoms with Gasteiger partial charge in [0, 0.05) is 35.8 Å². The van der Waals surface area contributed by atoms with Gasteiger partial charge in [-0.3, -0.25) is 9.78 Å². The molecular formula is C27H25N5O3. The molecule has 8 nitrogen and oxygen atoms in total. The van der Waals surface area contributed by atoms with Crippen LogP contribution in [0.2, 0.25) is 0 Å². The van der Waals surface area contributed by atoms with E-state index in [0.717, 1.165) is 17.5 Å². The molecule has 0 fully saturated rings. The van der Waals surface area contributed by atoms with Crippen LogP contribution in [0.3, 0.4) is 0 Å². The Morgan fingerprint density at radius 1 is 1.14 bits per heavy atom. The Hall–Kier alpha value is -4.48. The molecule has 2 aromatic heterocycles. The molecule has 2 heterocycles. The molecule has 35 heavy (non-hydrogen) atoms. The van der Waals surface area contributed by atoms with Crippen molar-refractivity contribution in [1.82, 2.24) is 14.9 Å². The first-order chi connectivity index (χ1) is 16.8. The van der Waals surface area contributed by atoms with Crippen molar-refractivity contribution < 1.29 is 15.0 Å². The van der Waals surface area contributed by atoms with Crippen molar-refractivity contribution in [2.75, 3.05) is 14.1 Å². The molecule has 0 bridgehead atoms. The van der Waals surface area contributed by atoms with Crippen molar-refractivity contribution in [3.05, 3.63) is 88.7 Å².